The van der Waals surface area contributed by atoms with E-state index in [9.17, 15) is 4.79 Å². The Morgan fingerprint density at radius 2 is 1.96 bits per heavy atom. The first kappa shape index (κ1) is 17.7. The highest BCUT2D eigenvalue weighted by atomic mass is 16.1. The van der Waals surface area contributed by atoms with Crippen LogP contribution >= 0.6 is 0 Å². The second-order valence-corrected chi connectivity index (χ2v) is 7.89. The Morgan fingerprint density at radius 3 is 2.63 bits per heavy atom. The molecule has 1 aliphatic carbocycles. The Hall–Kier alpha value is -2.69. The number of hydrogen-bond donors (Lipinski definition) is 1. The van der Waals surface area contributed by atoms with E-state index in [-0.39, 0.29) is 18.0 Å². The third-order valence-corrected chi connectivity index (χ3v) is 5.41. The maximum Gasteiger partial charge on any atom is 0.252 e. The van der Waals surface area contributed by atoms with E-state index >= 15 is 0 Å². The average Bonchev–Trinajstić information content (AvgIpc) is 3.40. The van der Waals surface area contributed by atoms with Crippen LogP contribution in [0.15, 0.2) is 36.5 Å². The number of benzene rings is 1. The van der Waals surface area contributed by atoms with Crippen LogP contribution in [0.3, 0.4) is 0 Å². The van der Waals surface area contributed by atoms with Crippen molar-refractivity contribution in [2.45, 2.75) is 52.6 Å². The normalized spacial score (nSPS) is 15.3. The van der Waals surface area contributed by atoms with Gasteiger partial charge in [0.05, 0.1) is 22.8 Å². The maximum atomic E-state index is 13.1. The van der Waals surface area contributed by atoms with Gasteiger partial charge in [0.1, 0.15) is 0 Å². The van der Waals surface area contributed by atoms with Gasteiger partial charge in [-0.25, -0.2) is 9.67 Å². The fourth-order valence-corrected chi connectivity index (χ4v) is 3.58. The number of pyridine rings is 1. The number of aryl methyl sites for hydroxylation is 1. The third-order valence-electron chi connectivity index (χ3n) is 5.41. The Bertz CT molecular complexity index is 1000. The molecule has 1 N–H and O–H groups in total. The molecule has 1 aromatic carbocycles. The van der Waals surface area contributed by atoms with Crippen molar-refractivity contribution in [3.05, 3.63) is 47.7 Å². The van der Waals surface area contributed by atoms with Crippen molar-refractivity contribution in [2.24, 2.45) is 5.92 Å². The molecule has 1 aliphatic rings. The van der Waals surface area contributed by atoms with Crippen LogP contribution < -0.4 is 5.32 Å². The van der Waals surface area contributed by atoms with E-state index in [1.165, 1.54) is 12.8 Å². The zero-order valence-electron chi connectivity index (χ0n) is 16.4. The number of amides is 1. The lowest BCUT2D eigenvalue weighted by Gasteiger charge is -2.15. The lowest BCUT2D eigenvalue weighted by molar-refractivity contribution is 0.0937. The summed E-state index contributed by atoms with van der Waals surface area (Å²) in [4.78, 5) is 18.0. The molecule has 0 unspecified atom stereocenters. The van der Waals surface area contributed by atoms with Crippen molar-refractivity contribution < 1.29 is 4.79 Å². The summed E-state index contributed by atoms with van der Waals surface area (Å²) in [7, 11) is 0. The van der Waals surface area contributed by atoms with E-state index in [1.54, 1.807) is 6.20 Å². The van der Waals surface area contributed by atoms with Gasteiger partial charge in [0.15, 0.2) is 5.65 Å². The van der Waals surface area contributed by atoms with Crippen molar-refractivity contribution in [1.29, 1.82) is 0 Å². The maximum absolute atomic E-state index is 13.1. The summed E-state index contributed by atoms with van der Waals surface area (Å²) in [6.45, 7) is 8.30. The summed E-state index contributed by atoms with van der Waals surface area (Å²) >= 11 is 0. The van der Waals surface area contributed by atoms with Gasteiger partial charge in [0.2, 0.25) is 0 Å². The molecular weight excluding hydrogens is 336 g/mol. The molecule has 0 spiro atoms. The van der Waals surface area contributed by atoms with Crippen molar-refractivity contribution in [3.8, 4) is 11.3 Å². The van der Waals surface area contributed by atoms with Gasteiger partial charge < -0.3 is 5.32 Å². The lowest BCUT2D eigenvalue weighted by Crippen LogP contribution is -2.34. The summed E-state index contributed by atoms with van der Waals surface area (Å²) in [5.74, 6) is 0.570. The van der Waals surface area contributed by atoms with Gasteiger partial charge >= 0.3 is 0 Å². The van der Waals surface area contributed by atoms with Gasteiger partial charge in [0, 0.05) is 17.6 Å². The van der Waals surface area contributed by atoms with E-state index in [2.05, 4.69) is 44.2 Å². The van der Waals surface area contributed by atoms with Gasteiger partial charge in [-0.2, -0.15) is 5.10 Å². The van der Waals surface area contributed by atoms with E-state index in [1.807, 2.05) is 28.9 Å². The van der Waals surface area contributed by atoms with Crippen molar-refractivity contribution in [1.82, 2.24) is 20.1 Å². The summed E-state index contributed by atoms with van der Waals surface area (Å²) in [6.07, 6.45) is 4.17. The van der Waals surface area contributed by atoms with Crippen molar-refractivity contribution in [3.63, 3.8) is 0 Å². The molecule has 0 radical (unpaired) electrons. The standard InChI is InChI=1S/C22H26N4O/c1-13(2)26-21-19(12-23-26)18(22(27)24-15(4)16-9-10-16)11-20(25-21)17-8-6-5-7-14(17)3/h5-8,11-13,15-16H,9-10H2,1-4H3,(H,24,27)/t15-/m0/s1. The van der Waals surface area contributed by atoms with Crippen LogP contribution in [0.2, 0.25) is 0 Å². The molecule has 0 bridgehead atoms. The number of rotatable bonds is 5. The van der Waals surface area contributed by atoms with Crippen LogP contribution in [0, 0.1) is 12.8 Å². The van der Waals surface area contributed by atoms with Crippen LogP contribution in [0.5, 0.6) is 0 Å². The predicted octanol–water partition coefficient (Wildman–Crippen LogP) is 4.52. The summed E-state index contributed by atoms with van der Waals surface area (Å²) in [6, 6.07) is 10.4. The van der Waals surface area contributed by atoms with Crippen LogP contribution in [0.1, 0.15) is 55.6 Å². The number of nitrogens with zero attached hydrogens (tertiary/aromatic N) is 3. The quantitative estimate of drug-likeness (QED) is 0.726. The van der Waals surface area contributed by atoms with Crippen LogP contribution in [-0.4, -0.2) is 26.7 Å². The molecule has 1 atom stereocenters. The van der Waals surface area contributed by atoms with Crippen LogP contribution in [-0.2, 0) is 0 Å². The zero-order chi connectivity index (χ0) is 19.1. The molecular formula is C22H26N4O. The van der Waals surface area contributed by atoms with E-state index in [0.29, 0.717) is 11.5 Å². The van der Waals surface area contributed by atoms with Gasteiger partial charge in [-0.15, -0.1) is 0 Å². The largest absolute Gasteiger partial charge is 0.349 e. The number of aromatic nitrogens is 3. The summed E-state index contributed by atoms with van der Waals surface area (Å²) in [5, 5.41) is 8.48. The molecule has 2 aromatic heterocycles. The molecule has 5 nitrogen and oxygen atoms in total. The Morgan fingerprint density at radius 1 is 1.22 bits per heavy atom. The lowest BCUT2D eigenvalue weighted by atomic mass is 10.0. The van der Waals surface area contributed by atoms with Crippen LogP contribution in [0.25, 0.3) is 22.3 Å². The minimum absolute atomic E-state index is 0.0417. The first-order chi connectivity index (χ1) is 13.0. The summed E-state index contributed by atoms with van der Waals surface area (Å²) in [5.41, 5.74) is 4.40. The minimum atomic E-state index is -0.0417. The highest BCUT2D eigenvalue weighted by molar-refractivity contribution is 6.06. The first-order valence-corrected chi connectivity index (χ1v) is 9.71. The van der Waals surface area contributed by atoms with Gasteiger partial charge in [-0.1, -0.05) is 24.3 Å². The molecule has 0 saturated heterocycles. The summed E-state index contributed by atoms with van der Waals surface area (Å²) < 4.78 is 1.89. The average molecular weight is 362 g/mol. The molecule has 1 fully saturated rings. The number of fused-ring (bicyclic) bond motifs is 1. The van der Waals surface area contributed by atoms with Gasteiger partial charge in [-0.05, 0) is 58.1 Å². The SMILES string of the molecule is Cc1ccccc1-c1cc(C(=O)N[C@@H](C)C2CC2)c2cnn(C(C)C)c2n1. The van der Waals surface area contributed by atoms with Crippen molar-refractivity contribution in [2.75, 3.05) is 0 Å². The van der Waals surface area contributed by atoms with Gasteiger partial charge in [0.25, 0.3) is 5.91 Å². The minimum Gasteiger partial charge on any atom is -0.349 e. The fourth-order valence-electron chi connectivity index (χ4n) is 3.58. The smallest absolute Gasteiger partial charge is 0.252 e. The molecule has 27 heavy (non-hydrogen) atoms. The highest BCUT2D eigenvalue weighted by Gasteiger charge is 2.30. The molecule has 140 valence electrons. The van der Waals surface area contributed by atoms with Gasteiger partial charge in [-0.3, -0.25) is 4.79 Å². The molecule has 2 heterocycles. The third kappa shape index (κ3) is 3.34. The number of hydrogen-bond acceptors (Lipinski definition) is 3. The Labute approximate surface area is 159 Å². The molecule has 4 rings (SSSR count). The van der Waals surface area contributed by atoms with Crippen LogP contribution in [0.4, 0.5) is 0 Å². The highest BCUT2D eigenvalue weighted by Crippen LogP contribution is 2.33. The molecule has 5 heteroatoms. The topological polar surface area (TPSA) is 59.8 Å². The monoisotopic (exact) mass is 362 g/mol. The molecule has 1 amide bonds. The zero-order valence-corrected chi connectivity index (χ0v) is 16.4. The second-order valence-electron chi connectivity index (χ2n) is 7.89. The fraction of sp³-hybridized carbons (Fsp3) is 0.409. The van der Waals surface area contributed by atoms with E-state index in [0.717, 1.165) is 27.9 Å². The van der Waals surface area contributed by atoms with Crippen molar-refractivity contribution >= 4 is 16.9 Å². The second kappa shape index (κ2) is 6.80. The number of nitrogens with one attached hydrogen (secondary N) is 1. The molecule has 3 aromatic rings. The number of carbonyl (C=O) groups excluding carboxylic acids is 1. The molecule has 1 saturated carbocycles. The Kier molecular flexibility index (Phi) is 4.46. The van der Waals surface area contributed by atoms with E-state index < -0.39 is 0 Å². The number of carbonyl (C=O) groups is 1. The molecule has 0 aliphatic heterocycles. The van der Waals surface area contributed by atoms with E-state index in [4.69, 9.17) is 4.98 Å². The first-order valence-electron chi connectivity index (χ1n) is 9.71. The Balaban J connectivity index is 1.85. The predicted molar refractivity (Wildman–Crippen MR) is 108 cm³/mol.